The van der Waals surface area contributed by atoms with E-state index in [1.54, 1.807) is 0 Å². The third kappa shape index (κ3) is 2.67. The maximum Gasteiger partial charge on any atom is 0.525 e. The van der Waals surface area contributed by atoms with E-state index in [0.29, 0.717) is 0 Å². The first kappa shape index (κ1) is 13.7. The molecular formula is C8H6BF5O3. The van der Waals surface area contributed by atoms with Crippen LogP contribution in [0.3, 0.4) is 0 Å². The lowest BCUT2D eigenvalue weighted by Crippen LogP contribution is -2.24. The number of aliphatic hydroxyl groups excluding tert-OH is 1. The summed E-state index contributed by atoms with van der Waals surface area (Å²) in [6.07, 6.45) is -0.445. The maximum absolute atomic E-state index is 13.0. The second kappa shape index (κ2) is 5.32. The van der Waals surface area contributed by atoms with E-state index >= 15 is 0 Å². The van der Waals surface area contributed by atoms with E-state index in [9.17, 15) is 22.0 Å². The van der Waals surface area contributed by atoms with Gasteiger partial charge >= 0.3 is 7.12 Å². The molecule has 1 aromatic rings. The van der Waals surface area contributed by atoms with Gasteiger partial charge in [0.1, 0.15) is 0 Å². The number of rotatable bonds is 4. The summed E-state index contributed by atoms with van der Waals surface area (Å²) in [6, 6.07) is 0. The molecule has 2 N–H and O–H groups in total. The standard InChI is InChI=1S/C8H6BF5O3/c10-3-4(11)6(13)8(7(14)5(3)12)17-9(16)1-2-15/h15-16H,1-2H2. The number of halogens is 5. The second-order valence-corrected chi connectivity index (χ2v) is 2.98. The molecule has 0 saturated carbocycles. The van der Waals surface area contributed by atoms with Crippen LogP contribution in [0.15, 0.2) is 0 Å². The Kier molecular flexibility index (Phi) is 4.30. The number of aliphatic hydroxyl groups is 1. The topological polar surface area (TPSA) is 49.7 Å². The van der Waals surface area contributed by atoms with Gasteiger partial charge in [-0.15, -0.1) is 0 Å². The Morgan fingerprint density at radius 2 is 1.29 bits per heavy atom. The molecule has 1 aromatic carbocycles. The van der Waals surface area contributed by atoms with Crippen LogP contribution in [-0.2, 0) is 0 Å². The molecule has 9 heteroatoms. The van der Waals surface area contributed by atoms with Crippen molar-refractivity contribution < 1.29 is 36.7 Å². The first-order valence-electron chi connectivity index (χ1n) is 4.37. The monoisotopic (exact) mass is 256 g/mol. The number of hydrogen-bond acceptors (Lipinski definition) is 3. The van der Waals surface area contributed by atoms with Crippen LogP contribution in [0.4, 0.5) is 22.0 Å². The highest BCUT2D eigenvalue weighted by atomic mass is 19.2. The molecule has 0 saturated heterocycles. The van der Waals surface area contributed by atoms with Crippen molar-refractivity contribution in [1.82, 2.24) is 0 Å². The molecule has 0 aliphatic heterocycles. The Balaban J connectivity index is 3.16. The predicted octanol–water partition coefficient (Wildman–Crippen LogP) is 1.23. The molecule has 1 rings (SSSR count). The molecule has 0 fully saturated rings. The lowest BCUT2D eigenvalue weighted by molar-refractivity contribution is 0.291. The van der Waals surface area contributed by atoms with Crippen LogP contribution in [0.1, 0.15) is 0 Å². The summed E-state index contributed by atoms with van der Waals surface area (Å²) in [5.74, 6) is -12.6. The van der Waals surface area contributed by atoms with Crippen molar-refractivity contribution in [3.63, 3.8) is 0 Å². The predicted molar refractivity (Wildman–Crippen MR) is 46.7 cm³/mol. The van der Waals surface area contributed by atoms with Crippen molar-refractivity contribution in [2.24, 2.45) is 0 Å². The van der Waals surface area contributed by atoms with E-state index in [-0.39, 0.29) is 0 Å². The zero-order valence-electron chi connectivity index (χ0n) is 8.18. The molecule has 0 unspecified atom stereocenters. The Hall–Kier alpha value is -1.35. The summed E-state index contributed by atoms with van der Waals surface area (Å²) in [4.78, 5) is 0. The molecule has 0 spiro atoms. The molecule has 0 amide bonds. The van der Waals surface area contributed by atoms with E-state index in [4.69, 9.17) is 10.1 Å². The van der Waals surface area contributed by atoms with Gasteiger partial charge < -0.3 is 14.8 Å². The van der Waals surface area contributed by atoms with Gasteiger partial charge in [0, 0.05) is 12.9 Å². The van der Waals surface area contributed by atoms with Crippen LogP contribution < -0.4 is 4.65 Å². The molecule has 17 heavy (non-hydrogen) atoms. The van der Waals surface area contributed by atoms with Gasteiger partial charge in [0.2, 0.25) is 29.1 Å². The number of hydrogen-bond donors (Lipinski definition) is 2. The van der Waals surface area contributed by atoms with Gasteiger partial charge in [0.25, 0.3) is 0 Å². The fraction of sp³-hybridized carbons (Fsp3) is 0.250. The first-order valence-corrected chi connectivity index (χ1v) is 4.37. The van der Waals surface area contributed by atoms with Crippen molar-refractivity contribution in [1.29, 1.82) is 0 Å². The third-order valence-corrected chi connectivity index (χ3v) is 1.80. The fourth-order valence-corrected chi connectivity index (χ4v) is 0.994. The first-order chi connectivity index (χ1) is 7.90. The Labute approximate surface area is 92.6 Å². The highest BCUT2D eigenvalue weighted by molar-refractivity contribution is 6.43. The van der Waals surface area contributed by atoms with E-state index in [1.807, 2.05) is 0 Å². The molecule has 3 nitrogen and oxygen atoms in total. The van der Waals surface area contributed by atoms with E-state index < -0.39 is 54.9 Å². The van der Waals surface area contributed by atoms with Gasteiger partial charge in [-0.25, -0.2) is 13.2 Å². The number of benzene rings is 1. The second-order valence-electron chi connectivity index (χ2n) is 2.98. The van der Waals surface area contributed by atoms with Crippen molar-refractivity contribution in [2.75, 3.05) is 6.61 Å². The van der Waals surface area contributed by atoms with E-state index in [2.05, 4.69) is 4.65 Å². The van der Waals surface area contributed by atoms with E-state index in [1.165, 1.54) is 0 Å². The van der Waals surface area contributed by atoms with Gasteiger partial charge in [-0.1, -0.05) is 0 Å². The average molecular weight is 256 g/mol. The highest BCUT2D eigenvalue weighted by Gasteiger charge is 2.29. The van der Waals surface area contributed by atoms with Gasteiger partial charge in [-0.3, -0.25) is 0 Å². The summed E-state index contributed by atoms with van der Waals surface area (Å²) in [5, 5.41) is 17.3. The Morgan fingerprint density at radius 3 is 1.71 bits per heavy atom. The minimum Gasteiger partial charge on any atom is -0.532 e. The molecule has 0 radical (unpaired) electrons. The SMILES string of the molecule is OCCB(O)Oc1c(F)c(F)c(F)c(F)c1F. The molecule has 0 bridgehead atoms. The molecular weight excluding hydrogens is 250 g/mol. The lowest BCUT2D eigenvalue weighted by atomic mass is 9.86. The quantitative estimate of drug-likeness (QED) is 0.368. The van der Waals surface area contributed by atoms with Crippen molar-refractivity contribution in [3.05, 3.63) is 29.1 Å². The highest BCUT2D eigenvalue weighted by Crippen LogP contribution is 2.29. The summed E-state index contributed by atoms with van der Waals surface area (Å²) in [5.41, 5.74) is 0. The van der Waals surface area contributed by atoms with Crippen LogP contribution in [0, 0.1) is 29.1 Å². The molecule has 0 atom stereocenters. The van der Waals surface area contributed by atoms with Gasteiger partial charge in [-0.2, -0.15) is 8.78 Å². The van der Waals surface area contributed by atoms with Gasteiger partial charge in [-0.05, 0) is 0 Å². The zero-order valence-corrected chi connectivity index (χ0v) is 8.18. The lowest BCUT2D eigenvalue weighted by Gasteiger charge is -2.12. The minimum absolute atomic E-state index is 0.445. The van der Waals surface area contributed by atoms with Crippen molar-refractivity contribution in [2.45, 2.75) is 6.32 Å². The van der Waals surface area contributed by atoms with Crippen LogP contribution in [0.5, 0.6) is 5.75 Å². The minimum atomic E-state index is -2.32. The Morgan fingerprint density at radius 1 is 0.882 bits per heavy atom. The molecule has 0 aromatic heterocycles. The Bertz CT molecular complexity index is 399. The van der Waals surface area contributed by atoms with Crippen LogP contribution >= 0.6 is 0 Å². The largest absolute Gasteiger partial charge is 0.532 e. The molecule has 0 aliphatic carbocycles. The summed E-state index contributed by atoms with van der Waals surface area (Å²) in [6.45, 7) is -0.587. The van der Waals surface area contributed by atoms with E-state index in [0.717, 1.165) is 0 Å². The normalized spacial score (nSPS) is 10.5. The average Bonchev–Trinajstić information content (AvgIpc) is 2.30. The van der Waals surface area contributed by atoms with Gasteiger partial charge in [0.15, 0.2) is 5.75 Å². The third-order valence-electron chi connectivity index (χ3n) is 1.80. The molecule has 0 aliphatic rings. The summed E-state index contributed by atoms with van der Waals surface area (Å²) < 4.78 is 68.0. The van der Waals surface area contributed by atoms with Crippen LogP contribution in [-0.4, -0.2) is 23.9 Å². The smallest absolute Gasteiger partial charge is 0.525 e. The van der Waals surface area contributed by atoms with Crippen molar-refractivity contribution >= 4 is 7.12 Å². The maximum atomic E-state index is 13.0. The summed E-state index contributed by atoms with van der Waals surface area (Å²) in [7, 11) is -1.88. The summed E-state index contributed by atoms with van der Waals surface area (Å²) >= 11 is 0. The molecule has 0 heterocycles. The van der Waals surface area contributed by atoms with Crippen molar-refractivity contribution in [3.8, 4) is 5.75 Å². The van der Waals surface area contributed by atoms with Crippen LogP contribution in [0.2, 0.25) is 6.32 Å². The van der Waals surface area contributed by atoms with Gasteiger partial charge in [0.05, 0.1) is 0 Å². The fourth-order valence-electron chi connectivity index (χ4n) is 0.994. The molecule has 94 valence electrons. The van der Waals surface area contributed by atoms with Crippen LogP contribution in [0.25, 0.3) is 0 Å². The zero-order chi connectivity index (χ0) is 13.2.